The molecular weight excluding hydrogens is 323 g/mol. The predicted molar refractivity (Wildman–Crippen MR) is 106 cm³/mol. The van der Waals surface area contributed by atoms with Crippen LogP contribution in [0.1, 0.15) is 48.4 Å². The Kier molecular flexibility index (Phi) is 4.67. The van der Waals surface area contributed by atoms with Crippen molar-refractivity contribution in [2.24, 2.45) is 0 Å². The Labute approximate surface area is 154 Å². The van der Waals surface area contributed by atoms with Crippen LogP contribution in [0.15, 0.2) is 48.5 Å². The highest BCUT2D eigenvalue weighted by Crippen LogP contribution is 2.37. The summed E-state index contributed by atoms with van der Waals surface area (Å²) in [5, 5.41) is 1.75. The maximum Gasteiger partial charge on any atom is 0.134 e. The fourth-order valence-electron chi connectivity index (χ4n) is 4.15. The number of hydrogen-bond donors (Lipinski definition) is 0. The largest absolute Gasteiger partial charge is 0.494 e. The second-order valence-corrected chi connectivity index (χ2v) is 7.18. The molecule has 2 heteroatoms. The van der Waals surface area contributed by atoms with E-state index in [0.717, 1.165) is 47.8 Å². The van der Waals surface area contributed by atoms with E-state index in [1.165, 1.54) is 16.7 Å². The van der Waals surface area contributed by atoms with E-state index >= 15 is 4.39 Å². The topological polar surface area (TPSA) is 9.23 Å². The number of halogens is 1. The van der Waals surface area contributed by atoms with E-state index in [9.17, 15) is 0 Å². The van der Waals surface area contributed by atoms with Gasteiger partial charge in [0, 0.05) is 5.39 Å². The van der Waals surface area contributed by atoms with Crippen molar-refractivity contribution < 1.29 is 9.13 Å². The normalized spacial score (nSPS) is 16.5. The van der Waals surface area contributed by atoms with Gasteiger partial charge in [0.25, 0.3) is 0 Å². The number of aryl methyl sites for hydroxylation is 2. The summed E-state index contributed by atoms with van der Waals surface area (Å²) in [5.74, 6) is 1.15. The van der Waals surface area contributed by atoms with Crippen LogP contribution < -0.4 is 4.74 Å². The summed E-state index contributed by atoms with van der Waals surface area (Å²) in [6.07, 6.45) is 3.84. The van der Waals surface area contributed by atoms with Crippen LogP contribution in [0.3, 0.4) is 0 Å². The molecule has 0 saturated carbocycles. The summed E-state index contributed by atoms with van der Waals surface area (Å²) in [4.78, 5) is 0. The minimum Gasteiger partial charge on any atom is -0.494 e. The van der Waals surface area contributed by atoms with Crippen LogP contribution in [-0.2, 0) is 19.3 Å². The van der Waals surface area contributed by atoms with E-state index in [0.29, 0.717) is 6.61 Å². The molecule has 0 amide bonds. The maximum atomic E-state index is 15.2. The fraction of sp³-hybridized carbons (Fsp3) is 0.333. The van der Waals surface area contributed by atoms with Crippen LogP contribution in [0.25, 0.3) is 10.8 Å². The number of rotatable bonds is 4. The van der Waals surface area contributed by atoms with Gasteiger partial charge >= 0.3 is 0 Å². The van der Waals surface area contributed by atoms with Gasteiger partial charge < -0.3 is 4.74 Å². The van der Waals surface area contributed by atoms with E-state index in [1.807, 2.05) is 31.2 Å². The van der Waals surface area contributed by atoms with Gasteiger partial charge in [0.1, 0.15) is 11.6 Å². The molecule has 4 rings (SSSR count). The van der Waals surface area contributed by atoms with E-state index in [4.69, 9.17) is 4.74 Å². The first kappa shape index (κ1) is 17.1. The zero-order valence-electron chi connectivity index (χ0n) is 15.5. The van der Waals surface area contributed by atoms with Crippen LogP contribution in [0.4, 0.5) is 4.39 Å². The zero-order valence-corrected chi connectivity index (χ0v) is 15.5. The summed E-state index contributed by atoms with van der Waals surface area (Å²) in [6, 6.07) is 16.5. The Morgan fingerprint density at radius 1 is 1.00 bits per heavy atom. The van der Waals surface area contributed by atoms with Crippen molar-refractivity contribution in [2.45, 2.75) is 45.4 Å². The number of ether oxygens (including phenoxy) is 1. The summed E-state index contributed by atoms with van der Waals surface area (Å²) in [5.41, 5.74) is 4.79. The monoisotopic (exact) mass is 348 g/mol. The highest BCUT2D eigenvalue weighted by atomic mass is 19.1. The smallest absolute Gasteiger partial charge is 0.134 e. The lowest BCUT2D eigenvalue weighted by atomic mass is 9.79. The lowest BCUT2D eigenvalue weighted by molar-refractivity contribution is 0.339. The average molecular weight is 348 g/mol. The molecule has 134 valence electrons. The Morgan fingerprint density at radius 2 is 1.88 bits per heavy atom. The van der Waals surface area contributed by atoms with E-state index in [-0.39, 0.29) is 11.7 Å². The van der Waals surface area contributed by atoms with E-state index < -0.39 is 0 Å². The predicted octanol–water partition coefficient (Wildman–Crippen LogP) is 6.21. The highest BCUT2D eigenvalue weighted by Gasteiger charge is 2.23. The molecule has 0 N–H and O–H groups in total. The minimum absolute atomic E-state index is 0.0375. The molecule has 1 unspecified atom stereocenters. The SMILES string of the molecule is CCOc1ccc2c(c1)CCC(c1ccc3cc(CC)ccc3c1F)C2. The van der Waals surface area contributed by atoms with Crippen molar-refractivity contribution in [3.63, 3.8) is 0 Å². The first-order chi connectivity index (χ1) is 12.7. The summed E-state index contributed by atoms with van der Waals surface area (Å²) in [6.45, 7) is 4.81. The number of hydrogen-bond acceptors (Lipinski definition) is 1. The second kappa shape index (κ2) is 7.11. The third kappa shape index (κ3) is 3.09. The van der Waals surface area contributed by atoms with Gasteiger partial charge in [-0.1, -0.05) is 43.3 Å². The molecule has 0 aliphatic heterocycles. The average Bonchev–Trinajstić information content (AvgIpc) is 2.68. The molecule has 0 bridgehead atoms. The van der Waals surface area contributed by atoms with Crippen LogP contribution in [-0.4, -0.2) is 6.61 Å². The van der Waals surface area contributed by atoms with Crippen molar-refractivity contribution >= 4 is 10.8 Å². The minimum atomic E-state index is -0.0375. The van der Waals surface area contributed by atoms with Gasteiger partial charge in [0.05, 0.1) is 6.61 Å². The van der Waals surface area contributed by atoms with Gasteiger partial charge in [-0.25, -0.2) is 4.39 Å². The lowest BCUT2D eigenvalue weighted by Gasteiger charge is -2.26. The summed E-state index contributed by atoms with van der Waals surface area (Å²) in [7, 11) is 0. The van der Waals surface area contributed by atoms with Gasteiger partial charge in [-0.2, -0.15) is 0 Å². The maximum absolute atomic E-state index is 15.2. The van der Waals surface area contributed by atoms with Crippen LogP contribution in [0, 0.1) is 5.82 Å². The third-order valence-corrected chi connectivity index (χ3v) is 5.61. The van der Waals surface area contributed by atoms with Gasteiger partial charge in [-0.05, 0) is 78.3 Å². The lowest BCUT2D eigenvalue weighted by Crippen LogP contribution is -2.14. The molecule has 0 fully saturated rings. The Balaban J connectivity index is 1.65. The Morgan fingerprint density at radius 3 is 2.69 bits per heavy atom. The molecule has 1 aliphatic carbocycles. The van der Waals surface area contributed by atoms with Crippen LogP contribution in [0.2, 0.25) is 0 Å². The Bertz CT molecular complexity index is 944. The van der Waals surface area contributed by atoms with Crippen molar-refractivity contribution in [1.82, 2.24) is 0 Å². The number of fused-ring (bicyclic) bond motifs is 2. The van der Waals surface area contributed by atoms with Crippen molar-refractivity contribution in [2.75, 3.05) is 6.61 Å². The molecule has 0 heterocycles. The molecule has 1 aliphatic rings. The van der Waals surface area contributed by atoms with Crippen molar-refractivity contribution in [1.29, 1.82) is 0 Å². The molecule has 3 aromatic carbocycles. The van der Waals surface area contributed by atoms with Gasteiger partial charge in [0.15, 0.2) is 0 Å². The van der Waals surface area contributed by atoms with Crippen LogP contribution >= 0.6 is 0 Å². The quantitative estimate of drug-likeness (QED) is 0.544. The molecule has 0 spiro atoms. The second-order valence-electron chi connectivity index (χ2n) is 7.18. The molecule has 0 saturated heterocycles. The van der Waals surface area contributed by atoms with Gasteiger partial charge in [0.2, 0.25) is 0 Å². The first-order valence-electron chi connectivity index (χ1n) is 9.65. The molecule has 1 atom stereocenters. The molecule has 0 aromatic heterocycles. The molecule has 26 heavy (non-hydrogen) atoms. The molecular formula is C24H25FO. The molecule has 3 aromatic rings. The molecule has 1 nitrogen and oxygen atoms in total. The van der Waals surface area contributed by atoms with Crippen molar-refractivity contribution in [3.05, 3.63) is 76.6 Å². The van der Waals surface area contributed by atoms with E-state index in [1.54, 1.807) is 0 Å². The fourth-order valence-corrected chi connectivity index (χ4v) is 4.15. The van der Waals surface area contributed by atoms with Gasteiger partial charge in [-0.15, -0.1) is 0 Å². The third-order valence-electron chi connectivity index (χ3n) is 5.61. The summed E-state index contributed by atoms with van der Waals surface area (Å²) < 4.78 is 20.8. The van der Waals surface area contributed by atoms with Crippen molar-refractivity contribution in [3.8, 4) is 5.75 Å². The zero-order chi connectivity index (χ0) is 18.1. The van der Waals surface area contributed by atoms with Crippen LogP contribution in [0.5, 0.6) is 5.75 Å². The highest BCUT2D eigenvalue weighted by molar-refractivity contribution is 5.84. The Hall–Kier alpha value is -2.35. The standard InChI is InChI=1S/C24H25FO/c1-3-16-5-11-22-19(13-16)9-12-23(24(22)25)20-7-6-18-15-21(26-4-2)10-8-17(18)14-20/h5,8-13,15,20H,3-4,6-7,14H2,1-2H3. The molecule has 0 radical (unpaired) electrons. The van der Waals surface area contributed by atoms with E-state index in [2.05, 4.69) is 31.2 Å². The first-order valence-corrected chi connectivity index (χ1v) is 9.65. The number of benzene rings is 3. The summed E-state index contributed by atoms with van der Waals surface area (Å²) >= 11 is 0. The van der Waals surface area contributed by atoms with Gasteiger partial charge in [-0.3, -0.25) is 0 Å².